The van der Waals surface area contributed by atoms with Crippen LogP contribution in [0.15, 0.2) is 55.1 Å². The van der Waals surface area contributed by atoms with Crippen LogP contribution in [0.25, 0.3) is 0 Å². The molecule has 4 rings (SSSR count). The second-order valence-electron chi connectivity index (χ2n) is 6.89. The maximum atomic E-state index is 4.43. The summed E-state index contributed by atoms with van der Waals surface area (Å²) in [5, 5.41) is 7.54. The first-order chi connectivity index (χ1) is 12.8. The summed E-state index contributed by atoms with van der Waals surface area (Å²) in [5.41, 5.74) is 2.65. The van der Waals surface area contributed by atoms with Crippen LogP contribution in [0.2, 0.25) is 0 Å². The molecule has 0 radical (unpaired) electrons. The Morgan fingerprint density at radius 3 is 2.65 bits per heavy atom. The van der Waals surface area contributed by atoms with Gasteiger partial charge in [-0.15, -0.1) is 0 Å². The Hall–Kier alpha value is -2.73. The number of piperidine rings is 1. The molecule has 0 atom stereocenters. The maximum Gasteiger partial charge on any atom is 0.131 e. The van der Waals surface area contributed by atoms with Gasteiger partial charge < -0.3 is 5.32 Å². The molecule has 26 heavy (non-hydrogen) atoms. The summed E-state index contributed by atoms with van der Waals surface area (Å²) in [6.07, 6.45) is 10.1. The third-order valence-corrected chi connectivity index (χ3v) is 4.93. The topological polar surface area (TPSA) is 58.9 Å². The Balaban J connectivity index is 1.36. The molecule has 4 heterocycles. The van der Waals surface area contributed by atoms with E-state index >= 15 is 0 Å². The van der Waals surface area contributed by atoms with Gasteiger partial charge in [-0.25, -0.2) is 9.97 Å². The summed E-state index contributed by atoms with van der Waals surface area (Å²) in [4.78, 5) is 11.3. The van der Waals surface area contributed by atoms with E-state index in [1.54, 1.807) is 6.20 Å². The molecule has 6 heteroatoms. The maximum absolute atomic E-state index is 4.43. The van der Waals surface area contributed by atoms with Crippen LogP contribution in [0.4, 0.5) is 11.6 Å². The first kappa shape index (κ1) is 16.7. The highest BCUT2D eigenvalue weighted by molar-refractivity contribution is 5.52. The third-order valence-electron chi connectivity index (χ3n) is 4.93. The van der Waals surface area contributed by atoms with Crippen LogP contribution in [-0.2, 0) is 13.6 Å². The van der Waals surface area contributed by atoms with Gasteiger partial charge in [-0.3, -0.25) is 9.58 Å². The second kappa shape index (κ2) is 7.66. The number of likely N-dealkylation sites (tertiary alicyclic amines) is 1. The molecule has 3 aromatic rings. The molecule has 0 saturated carbocycles. The monoisotopic (exact) mass is 348 g/mol. The molecule has 1 N–H and O–H groups in total. The standard InChI is InChI=1S/C20H24N6/c1-25-14-16(13-23-25)15-26-10-6-17(7-11-26)18-5-9-22-20(12-18)24-19-4-2-3-8-21-19/h2-5,8-9,12-14,17H,6-7,10-11,15H2,1H3,(H,21,22,24). The zero-order chi connectivity index (χ0) is 17.8. The Morgan fingerprint density at radius 1 is 1.08 bits per heavy atom. The summed E-state index contributed by atoms with van der Waals surface area (Å²) in [6, 6.07) is 10.1. The molecule has 0 spiro atoms. The van der Waals surface area contributed by atoms with Crippen molar-refractivity contribution in [2.24, 2.45) is 7.05 Å². The second-order valence-corrected chi connectivity index (χ2v) is 6.89. The quantitative estimate of drug-likeness (QED) is 0.766. The van der Waals surface area contributed by atoms with E-state index in [2.05, 4.69) is 43.6 Å². The summed E-state index contributed by atoms with van der Waals surface area (Å²) < 4.78 is 1.87. The van der Waals surface area contributed by atoms with Crippen molar-refractivity contribution < 1.29 is 0 Å². The highest BCUT2D eigenvalue weighted by Crippen LogP contribution is 2.29. The van der Waals surface area contributed by atoms with Crippen LogP contribution in [0, 0.1) is 0 Å². The molecule has 0 amide bonds. The van der Waals surface area contributed by atoms with Crippen molar-refractivity contribution in [3.05, 3.63) is 66.2 Å². The lowest BCUT2D eigenvalue weighted by Gasteiger charge is -2.32. The van der Waals surface area contributed by atoms with Crippen LogP contribution < -0.4 is 5.32 Å². The minimum Gasteiger partial charge on any atom is -0.325 e. The van der Waals surface area contributed by atoms with Gasteiger partial charge in [0.1, 0.15) is 11.6 Å². The van der Waals surface area contributed by atoms with Crippen molar-refractivity contribution in [1.82, 2.24) is 24.6 Å². The number of aromatic nitrogens is 4. The molecule has 6 nitrogen and oxygen atoms in total. The minimum absolute atomic E-state index is 0.590. The van der Waals surface area contributed by atoms with Crippen LogP contribution >= 0.6 is 0 Å². The lowest BCUT2D eigenvalue weighted by atomic mass is 9.90. The van der Waals surface area contributed by atoms with E-state index in [9.17, 15) is 0 Å². The van der Waals surface area contributed by atoms with Crippen molar-refractivity contribution >= 4 is 11.6 Å². The van der Waals surface area contributed by atoms with E-state index in [-0.39, 0.29) is 0 Å². The van der Waals surface area contributed by atoms with Crippen LogP contribution in [0.1, 0.15) is 29.9 Å². The number of hydrogen-bond acceptors (Lipinski definition) is 5. The van der Waals surface area contributed by atoms with Crippen LogP contribution in [-0.4, -0.2) is 37.7 Å². The van der Waals surface area contributed by atoms with Gasteiger partial charge in [-0.1, -0.05) is 6.07 Å². The van der Waals surface area contributed by atoms with Crippen molar-refractivity contribution in [2.75, 3.05) is 18.4 Å². The Bertz CT molecular complexity index is 836. The van der Waals surface area contributed by atoms with E-state index < -0.39 is 0 Å². The Labute approximate surface area is 153 Å². The fraction of sp³-hybridized carbons (Fsp3) is 0.350. The fourth-order valence-electron chi connectivity index (χ4n) is 3.57. The van der Waals surface area contributed by atoms with E-state index in [0.717, 1.165) is 31.3 Å². The molecule has 1 saturated heterocycles. The van der Waals surface area contributed by atoms with Gasteiger partial charge in [0.25, 0.3) is 0 Å². The van der Waals surface area contributed by atoms with Crippen molar-refractivity contribution in [1.29, 1.82) is 0 Å². The number of nitrogens with zero attached hydrogens (tertiary/aromatic N) is 5. The molecule has 1 fully saturated rings. The first-order valence-electron chi connectivity index (χ1n) is 9.10. The van der Waals surface area contributed by atoms with Gasteiger partial charge in [0, 0.05) is 37.7 Å². The molecule has 1 aliphatic heterocycles. The molecular formula is C20H24N6. The number of nitrogens with one attached hydrogen (secondary N) is 1. The van der Waals surface area contributed by atoms with Gasteiger partial charge in [-0.05, 0) is 61.7 Å². The Morgan fingerprint density at radius 2 is 1.92 bits per heavy atom. The average Bonchev–Trinajstić information content (AvgIpc) is 3.08. The Kier molecular flexibility index (Phi) is 4.93. The number of pyridine rings is 2. The number of hydrogen-bond donors (Lipinski definition) is 1. The van der Waals surface area contributed by atoms with E-state index in [1.165, 1.54) is 24.0 Å². The van der Waals surface area contributed by atoms with Crippen molar-refractivity contribution in [3.63, 3.8) is 0 Å². The lowest BCUT2D eigenvalue weighted by Crippen LogP contribution is -2.32. The molecule has 0 bridgehead atoms. The summed E-state index contributed by atoms with van der Waals surface area (Å²) >= 11 is 0. The summed E-state index contributed by atoms with van der Waals surface area (Å²) in [7, 11) is 1.97. The zero-order valence-electron chi connectivity index (χ0n) is 15.0. The van der Waals surface area contributed by atoms with Gasteiger partial charge in [-0.2, -0.15) is 5.10 Å². The zero-order valence-corrected chi connectivity index (χ0v) is 15.0. The van der Waals surface area contributed by atoms with Gasteiger partial charge in [0.15, 0.2) is 0 Å². The molecule has 0 unspecified atom stereocenters. The highest BCUT2D eigenvalue weighted by atomic mass is 15.2. The fourth-order valence-corrected chi connectivity index (χ4v) is 3.57. The average molecular weight is 348 g/mol. The van der Waals surface area contributed by atoms with E-state index in [4.69, 9.17) is 0 Å². The van der Waals surface area contributed by atoms with E-state index in [1.807, 2.05) is 42.3 Å². The van der Waals surface area contributed by atoms with E-state index in [0.29, 0.717) is 5.92 Å². The summed E-state index contributed by atoms with van der Waals surface area (Å²) in [6.45, 7) is 3.22. The molecular weight excluding hydrogens is 324 g/mol. The number of anilines is 2. The van der Waals surface area contributed by atoms with Crippen molar-refractivity contribution in [2.45, 2.75) is 25.3 Å². The summed E-state index contributed by atoms with van der Waals surface area (Å²) in [5.74, 6) is 2.27. The third kappa shape index (κ3) is 4.08. The number of aryl methyl sites for hydroxylation is 1. The van der Waals surface area contributed by atoms with Crippen LogP contribution in [0.5, 0.6) is 0 Å². The largest absolute Gasteiger partial charge is 0.325 e. The number of rotatable bonds is 5. The SMILES string of the molecule is Cn1cc(CN2CCC(c3ccnc(Nc4ccccn4)c3)CC2)cn1. The molecule has 0 aliphatic carbocycles. The molecule has 134 valence electrons. The lowest BCUT2D eigenvalue weighted by molar-refractivity contribution is 0.204. The predicted molar refractivity (Wildman–Crippen MR) is 102 cm³/mol. The minimum atomic E-state index is 0.590. The van der Waals surface area contributed by atoms with Gasteiger partial charge in [0.05, 0.1) is 6.20 Å². The normalized spacial score (nSPS) is 15.9. The molecule has 1 aliphatic rings. The van der Waals surface area contributed by atoms with Crippen molar-refractivity contribution in [3.8, 4) is 0 Å². The van der Waals surface area contributed by atoms with Gasteiger partial charge in [0.2, 0.25) is 0 Å². The van der Waals surface area contributed by atoms with Gasteiger partial charge >= 0.3 is 0 Å². The molecule has 3 aromatic heterocycles. The first-order valence-corrected chi connectivity index (χ1v) is 9.10. The molecule has 0 aromatic carbocycles. The smallest absolute Gasteiger partial charge is 0.131 e. The van der Waals surface area contributed by atoms with Crippen LogP contribution in [0.3, 0.4) is 0 Å². The highest BCUT2D eigenvalue weighted by Gasteiger charge is 2.21. The predicted octanol–water partition coefficient (Wildman–Crippen LogP) is 3.33.